The first-order valence-electron chi connectivity index (χ1n) is 13.3. The molecule has 0 saturated heterocycles. The molecule has 5 rings (SSSR count). The predicted molar refractivity (Wildman–Crippen MR) is 157 cm³/mol. The monoisotopic (exact) mass is 546 g/mol. The second kappa shape index (κ2) is 12.4. The van der Waals surface area contributed by atoms with Crippen LogP contribution in [0.4, 0.5) is 0 Å². The van der Waals surface area contributed by atoms with Crippen LogP contribution < -0.4 is 9.47 Å². The highest BCUT2D eigenvalue weighted by Crippen LogP contribution is 2.56. The van der Waals surface area contributed by atoms with Crippen molar-refractivity contribution in [2.24, 2.45) is 0 Å². The molecule has 206 valence electrons. The van der Waals surface area contributed by atoms with Gasteiger partial charge in [-0.1, -0.05) is 98.1 Å². The smallest absolute Gasteiger partial charge is 0.344 e. The Balaban J connectivity index is 1.52. The maximum atomic E-state index is 11.9. The molecule has 0 bridgehead atoms. The number of rotatable bonds is 12. The second-order valence-electron chi connectivity index (χ2n) is 9.41. The Bertz CT molecular complexity index is 1430. The first kappa shape index (κ1) is 27.5. The molecule has 0 aromatic heterocycles. The van der Waals surface area contributed by atoms with Crippen LogP contribution in [0.2, 0.25) is 0 Å². The zero-order valence-corrected chi connectivity index (χ0v) is 22.6. The van der Waals surface area contributed by atoms with E-state index < -0.39 is 17.4 Å². The van der Waals surface area contributed by atoms with Gasteiger partial charge in [0.05, 0.1) is 5.41 Å². The fraction of sp³-hybridized carbons (Fsp3) is 0.143. The fourth-order valence-corrected chi connectivity index (χ4v) is 5.30. The van der Waals surface area contributed by atoms with E-state index in [4.69, 9.17) is 18.9 Å². The van der Waals surface area contributed by atoms with Crippen LogP contribution in [0.5, 0.6) is 11.5 Å². The van der Waals surface area contributed by atoms with E-state index in [9.17, 15) is 9.59 Å². The van der Waals surface area contributed by atoms with E-state index in [2.05, 4.69) is 61.7 Å². The van der Waals surface area contributed by atoms with Crippen LogP contribution in [0.25, 0.3) is 11.1 Å². The summed E-state index contributed by atoms with van der Waals surface area (Å²) in [6.45, 7) is 7.01. The molecule has 0 radical (unpaired) electrons. The Hall–Kier alpha value is -5.10. The van der Waals surface area contributed by atoms with Crippen molar-refractivity contribution in [2.45, 2.75) is 5.41 Å². The number of hydrogen-bond acceptors (Lipinski definition) is 6. The van der Waals surface area contributed by atoms with Gasteiger partial charge in [-0.3, -0.25) is 0 Å². The zero-order valence-electron chi connectivity index (χ0n) is 22.6. The van der Waals surface area contributed by atoms with Gasteiger partial charge in [0.25, 0.3) is 0 Å². The number of carbonyl (C=O) groups is 2. The normalized spacial score (nSPS) is 12.4. The molecule has 0 heterocycles. The van der Waals surface area contributed by atoms with Crippen molar-refractivity contribution < 1.29 is 28.5 Å². The van der Waals surface area contributed by atoms with Crippen LogP contribution in [0.3, 0.4) is 0 Å². The van der Waals surface area contributed by atoms with E-state index in [0.29, 0.717) is 11.5 Å². The van der Waals surface area contributed by atoms with Gasteiger partial charge in [0.2, 0.25) is 0 Å². The summed E-state index contributed by atoms with van der Waals surface area (Å²) in [5.41, 5.74) is 6.11. The van der Waals surface area contributed by atoms with Crippen molar-refractivity contribution in [3.05, 3.63) is 145 Å². The van der Waals surface area contributed by atoms with Crippen LogP contribution >= 0.6 is 0 Å². The van der Waals surface area contributed by atoms with Crippen molar-refractivity contribution in [2.75, 3.05) is 26.4 Å². The van der Waals surface area contributed by atoms with Gasteiger partial charge >= 0.3 is 11.9 Å². The lowest BCUT2D eigenvalue weighted by Crippen LogP contribution is -2.28. The summed E-state index contributed by atoms with van der Waals surface area (Å²) in [6.07, 6.45) is 3.03. The first-order valence-corrected chi connectivity index (χ1v) is 13.3. The molecule has 1 aliphatic carbocycles. The number of esters is 2. The SMILES string of the molecule is C=CCOC(=O)COc1ccc(C2(c3ccc(OCC(=O)OCC=C)cc3)c3ccccc3-c3ccccc32)cc1. The number of carbonyl (C=O) groups excluding carboxylic acids is 2. The summed E-state index contributed by atoms with van der Waals surface area (Å²) in [6, 6.07) is 32.4. The Morgan fingerprint density at radius 1 is 0.585 bits per heavy atom. The molecule has 0 fully saturated rings. The molecule has 6 heteroatoms. The van der Waals surface area contributed by atoms with Gasteiger partial charge in [0.1, 0.15) is 24.7 Å². The van der Waals surface area contributed by atoms with E-state index in [1.54, 1.807) is 0 Å². The van der Waals surface area contributed by atoms with Crippen LogP contribution in [-0.4, -0.2) is 38.4 Å². The maximum absolute atomic E-state index is 11.9. The minimum atomic E-state index is -0.615. The van der Waals surface area contributed by atoms with Crippen molar-refractivity contribution in [1.82, 2.24) is 0 Å². The van der Waals surface area contributed by atoms with E-state index in [0.717, 1.165) is 22.3 Å². The van der Waals surface area contributed by atoms with E-state index >= 15 is 0 Å². The summed E-state index contributed by atoms with van der Waals surface area (Å²) in [5.74, 6) is 0.206. The topological polar surface area (TPSA) is 71.1 Å². The molecule has 0 aliphatic heterocycles. The Labute approximate surface area is 239 Å². The number of benzene rings is 4. The van der Waals surface area contributed by atoms with E-state index in [1.165, 1.54) is 23.3 Å². The lowest BCUT2D eigenvalue weighted by Gasteiger charge is -2.34. The van der Waals surface area contributed by atoms with Crippen LogP contribution in [0, 0.1) is 0 Å². The molecule has 0 atom stereocenters. The Morgan fingerprint density at radius 3 is 1.37 bits per heavy atom. The molecule has 41 heavy (non-hydrogen) atoms. The molecular weight excluding hydrogens is 516 g/mol. The minimum Gasteiger partial charge on any atom is -0.482 e. The van der Waals surface area contributed by atoms with E-state index in [1.807, 2.05) is 48.5 Å². The molecule has 4 aromatic rings. The summed E-state index contributed by atoms with van der Waals surface area (Å²) >= 11 is 0. The van der Waals surface area contributed by atoms with Gasteiger partial charge in [-0.05, 0) is 57.6 Å². The largest absolute Gasteiger partial charge is 0.482 e. The van der Waals surface area contributed by atoms with E-state index in [-0.39, 0.29) is 26.4 Å². The summed E-state index contributed by atoms with van der Waals surface area (Å²) < 4.78 is 21.4. The van der Waals surface area contributed by atoms with Crippen LogP contribution in [-0.2, 0) is 24.5 Å². The van der Waals surface area contributed by atoms with Crippen molar-refractivity contribution in [3.8, 4) is 22.6 Å². The lowest BCUT2D eigenvalue weighted by atomic mass is 9.68. The quantitative estimate of drug-likeness (QED) is 0.136. The molecule has 1 aliphatic rings. The molecule has 0 saturated carbocycles. The summed E-state index contributed by atoms with van der Waals surface area (Å²) in [5, 5.41) is 0. The molecule has 0 amide bonds. The average molecular weight is 547 g/mol. The number of ether oxygens (including phenoxy) is 4. The highest BCUT2D eigenvalue weighted by Gasteiger charge is 2.45. The van der Waals surface area contributed by atoms with Crippen LogP contribution in [0.15, 0.2) is 122 Å². The number of hydrogen-bond donors (Lipinski definition) is 0. The minimum absolute atomic E-state index is 0.145. The van der Waals surface area contributed by atoms with Crippen LogP contribution in [0.1, 0.15) is 22.3 Å². The number of fused-ring (bicyclic) bond motifs is 3. The third-order valence-electron chi connectivity index (χ3n) is 6.96. The molecule has 0 spiro atoms. The molecular formula is C35H30O6. The molecule has 6 nitrogen and oxygen atoms in total. The average Bonchev–Trinajstić information content (AvgIpc) is 3.32. The molecule has 0 N–H and O–H groups in total. The first-order chi connectivity index (χ1) is 20.1. The van der Waals surface area contributed by atoms with Crippen molar-refractivity contribution in [3.63, 3.8) is 0 Å². The molecule has 0 unspecified atom stereocenters. The van der Waals surface area contributed by atoms with Gasteiger partial charge in [0.15, 0.2) is 13.2 Å². The standard InChI is InChI=1S/C35H30O6/c1-3-21-38-33(36)23-40-27-17-13-25(14-18-27)35(26-15-19-28(20-16-26)41-24-34(37)39-22-4-2)31-11-7-5-9-29(31)30-10-6-8-12-32(30)35/h3-20H,1-2,21-24H2. The van der Waals surface area contributed by atoms with Crippen molar-refractivity contribution in [1.29, 1.82) is 0 Å². The lowest BCUT2D eigenvalue weighted by molar-refractivity contribution is -0.145. The predicted octanol–water partition coefficient (Wildman–Crippen LogP) is 6.27. The van der Waals surface area contributed by atoms with Gasteiger partial charge in [0, 0.05) is 0 Å². The van der Waals surface area contributed by atoms with Gasteiger partial charge in [-0.2, -0.15) is 0 Å². The summed E-state index contributed by atoms with van der Waals surface area (Å²) in [4.78, 5) is 23.8. The molecule has 4 aromatic carbocycles. The summed E-state index contributed by atoms with van der Waals surface area (Å²) in [7, 11) is 0. The van der Waals surface area contributed by atoms with Gasteiger partial charge in [-0.15, -0.1) is 0 Å². The Morgan fingerprint density at radius 2 is 0.976 bits per heavy atom. The fourth-order valence-electron chi connectivity index (χ4n) is 5.30. The zero-order chi connectivity index (χ0) is 28.7. The second-order valence-corrected chi connectivity index (χ2v) is 9.41. The highest BCUT2D eigenvalue weighted by molar-refractivity contribution is 5.86. The Kier molecular flexibility index (Phi) is 8.30. The highest BCUT2D eigenvalue weighted by atomic mass is 16.6. The van der Waals surface area contributed by atoms with Gasteiger partial charge < -0.3 is 18.9 Å². The third kappa shape index (κ3) is 5.50. The maximum Gasteiger partial charge on any atom is 0.344 e. The van der Waals surface area contributed by atoms with Crippen molar-refractivity contribution >= 4 is 11.9 Å². The third-order valence-corrected chi connectivity index (χ3v) is 6.96. The van der Waals surface area contributed by atoms with Gasteiger partial charge in [-0.25, -0.2) is 9.59 Å².